The Bertz CT molecular complexity index is 893. The largest absolute Gasteiger partial charge is 0.429 e. The van der Waals surface area contributed by atoms with Crippen molar-refractivity contribution < 1.29 is 40.6 Å². The topological polar surface area (TPSA) is 27.7 Å². The third-order valence-corrected chi connectivity index (χ3v) is 4.92. The highest BCUT2D eigenvalue weighted by Crippen LogP contribution is 2.40. The molecule has 0 saturated carbocycles. The van der Waals surface area contributed by atoms with E-state index in [1.54, 1.807) is 0 Å². The SMILES string of the molecule is CCCC1COC(c2ccc(C(F)(F)Oc3cc(F)c(F)c(F)c3)c(Cl)c2F)OC1. The van der Waals surface area contributed by atoms with Crippen molar-refractivity contribution in [2.45, 2.75) is 32.2 Å². The minimum Gasteiger partial charge on any atom is -0.429 e. The zero-order valence-corrected chi connectivity index (χ0v) is 16.4. The van der Waals surface area contributed by atoms with E-state index in [2.05, 4.69) is 4.74 Å². The van der Waals surface area contributed by atoms with Crippen LogP contribution in [0.15, 0.2) is 24.3 Å². The monoisotopic (exact) mass is 454 g/mol. The van der Waals surface area contributed by atoms with Crippen LogP contribution in [0.2, 0.25) is 5.02 Å². The second-order valence-corrected chi connectivity index (χ2v) is 7.18. The quantitative estimate of drug-likeness (QED) is 0.369. The van der Waals surface area contributed by atoms with Crippen molar-refractivity contribution in [1.29, 1.82) is 0 Å². The van der Waals surface area contributed by atoms with Crippen LogP contribution in [0.1, 0.15) is 37.2 Å². The van der Waals surface area contributed by atoms with Gasteiger partial charge in [-0.1, -0.05) is 31.0 Å². The minimum absolute atomic E-state index is 0.151. The van der Waals surface area contributed by atoms with E-state index in [-0.39, 0.29) is 23.6 Å². The molecule has 1 saturated heterocycles. The minimum atomic E-state index is -4.27. The van der Waals surface area contributed by atoms with Crippen LogP contribution in [0.3, 0.4) is 0 Å². The normalized spacial score (nSPS) is 19.7. The van der Waals surface area contributed by atoms with Gasteiger partial charge in [-0.25, -0.2) is 17.6 Å². The van der Waals surface area contributed by atoms with Crippen LogP contribution >= 0.6 is 11.6 Å². The first-order valence-corrected chi connectivity index (χ1v) is 9.44. The van der Waals surface area contributed by atoms with Crippen molar-refractivity contribution in [3.05, 3.63) is 63.7 Å². The van der Waals surface area contributed by atoms with Crippen LogP contribution in [0.5, 0.6) is 5.75 Å². The molecule has 1 aliphatic heterocycles. The van der Waals surface area contributed by atoms with Crippen LogP contribution in [0.25, 0.3) is 0 Å². The zero-order valence-electron chi connectivity index (χ0n) is 15.7. The molecule has 164 valence electrons. The molecule has 3 rings (SSSR count). The lowest BCUT2D eigenvalue weighted by Crippen LogP contribution is -2.28. The first-order valence-electron chi connectivity index (χ1n) is 9.07. The molecule has 0 aromatic heterocycles. The summed E-state index contributed by atoms with van der Waals surface area (Å²) in [5.74, 6) is -7.33. The van der Waals surface area contributed by atoms with Gasteiger partial charge in [-0.05, 0) is 12.5 Å². The van der Waals surface area contributed by atoms with Gasteiger partial charge < -0.3 is 14.2 Å². The lowest BCUT2D eigenvalue weighted by Gasteiger charge is -2.30. The Labute approximate surface area is 173 Å². The van der Waals surface area contributed by atoms with Crippen LogP contribution in [0, 0.1) is 29.2 Å². The van der Waals surface area contributed by atoms with E-state index in [4.69, 9.17) is 21.1 Å². The molecule has 1 heterocycles. The molecule has 30 heavy (non-hydrogen) atoms. The molecule has 0 amide bonds. The third kappa shape index (κ3) is 4.68. The van der Waals surface area contributed by atoms with E-state index >= 15 is 0 Å². The number of alkyl halides is 2. The Balaban J connectivity index is 1.82. The Kier molecular flexibility index (Phi) is 6.84. The van der Waals surface area contributed by atoms with Gasteiger partial charge in [0.2, 0.25) is 0 Å². The van der Waals surface area contributed by atoms with Gasteiger partial charge in [0, 0.05) is 23.6 Å². The van der Waals surface area contributed by atoms with Gasteiger partial charge in [0.25, 0.3) is 0 Å². The molecule has 1 aliphatic rings. The summed E-state index contributed by atoms with van der Waals surface area (Å²) in [6, 6.07) is 2.27. The summed E-state index contributed by atoms with van der Waals surface area (Å²) < 4.78 is 98.3. The number of ether oxygens (including phenoxy) is 3. The summed E-state index contributed by atoms with van der Waals surface area (Å²) in [5.41, 5.74) is -1.26. The Morgan fingerprint density at radius 2 is 1.63 bits per heavy atom. The number of rotatable bonds is 6. The van der Waals surface area contributed by atoms with Gasteiger partial charge in [0.1, 0.15) is 5.75 Å². The predicted molar refractivity (Wildman–Crippen MR) is 95.3 cm³/mol. The third-order valence-electron chi connectivity index (χ3n) is 4.55. The average molecular weight is 455 g/mol. The molecule has 0 bridgehead atoms. The molecule has 3 nitrogen and oxygen atoms in total. The molecule has 0 aliphatic carbocycles. The van der Waals surface area contributed by atoms with E-state index in [1.807, 2.05) is 6.92 Å². The highest BCUT2D eigenvalue weighted by Gasteiger charge is 2.40. The first kappa shape index (κ1) is 22.7. The van der Waals surface area contributed by atoms with E-state index in [0.29, 0.717) is 13.2 Å². The molecule has 1 fully saturated rings. The maximum atomic E-state index is 14.7. The maximum absolute atomic E-state index is 14.7. The lowest BCUT2D eigenvalue weighted by atomic mass is 10.0. The molecular formula is C20H17ClF6O3. The van der Waals surface area contributed by atoms with Crippen molar-refractivity contribution in [1.82, 2.24) is 0 Å². The van der Waals surface area contributed by atoms with Crippen LogP contribution in [-0.4, -0.2) is 13.2 Å². The lowest BCUT2D eigenvalue weighted by molar-refractivity contribution is -0.207. The van der Waals surface area contributed by atoms with Crippen LogP contribution in [0.4, 0.5) is 26.3 Å². The first-order chi connectivity index (χ1) is 14.1. The van der Waals surface area contributed by atoms with Gasteiger partial charge in [-0.3, -0.25) is 0 Å². The molecule has 0 radical (unpaired) electrons. The van der Waals surface area contributed by atoms with Gasteiger partial charge in [0.05, 0.1) is 23.8 Å². The second-order valence-electron chi connectivity index (χ2n) is 6.80. The summed E-state index contributed by atoms with van der Waals surface area (Å²) in [6.07, 6.45) is -3.59. The van der Waals surface area contributed by atoms with E-state index < -0.39 is 52.0 Å². The van der Waals surface area contributed by atoms with Gasteiger partial charge in [-0.2, -0.15) is 8.78 Å². The maximum Gasteiger partial charge on any atom is 0.428 e. The highest BCUT2D eigenvalue weighted by atomic mass is 35.5. The Morgan fingerprint density at radius 3 is 2.20 bits per heavy atom. The molecule has 10 heteroatoms. The second kappa shape index (κ2) is 9.03. The van der Waals surface area contributed by atoms with Gasteiger partial charge >= 0.3 is 6.11 Å². The molecular weight excluding hydrogens is 438 g/mol. The number of hydrogen-bond donors (Lipinski definition) is 0. The van der Waals surface area contributed by atoms with Crippen molar-refractivity contribution in [2.24, 2.45) is 5.92 Å². The molecule has 0 N–H and O–H groups in total. The summed E-state index contributed by atoms with van der Waals surface area (Å²) in [4.78, 5) is 0. The summed E-state index contributed by atoms with van der Waals surface area (Å²) in [5, 5.41) is -0.969. The van der Waals surface area contributed by atoms with Gasteiger partial charge in [-0.15, -0.1) is 0 Å². The molecule has 0 atom stereocenters. The number of hydrogen-bond acceptors (Lipinski definition) is 3. The summed E-state index contributed by atoms with van der Waals surface area (Å²) >= 11 is 5.78. The average Bonchev–Trinajstić information content (AvgIpc) is 2.68. The molecule has 2 aromatic rings. The Hall–Kier alpha value is -1.97. The van der Waals surface area contributed by atoms with Crippen molar-refractivity contribution in [3.8, 4) is 5.75 Å². The van der Waals surface area contributed by atoms with Crippen molar-refractivity contribution in [2.75, 3.05) is 13.2 Å². The Morgan fingerprint density at radius 1 is 1.03 bits per heavy atom. The van der Waals surface area contributed by atoms with Crippen LogP contribution < -0.4 is 4.74 Å². The van der Waals surface area contributed by atoms with Gasteiger partial charge in [0.15, 0.2) is 29.6 Å². The van der Waals surface area contributed by atoms with Crippen molar-refractivity contribution >= 4 is 11.6 Å². The fourth-order valence-corrected chi connectivity index (χ4v) is 3.35. The number of benzene rings is 2. The summed E-state index contributed by atoms with van der Waals surface area (Å²) in [6.45, 7) is 2.64. The van der Waals surface area contributed by atoms with Crippen molar-refractivity contribution in [3.63, 3.8) is 0 Å². The predicted octanol–water partition coefficient (Wildman–Crippen LogP) is 6.49. The molecule has 0 unspecified atom stereocenters. The zero-order chi connectivity index (χ0) is 22.1. The highest BCUT2D eigenvalue weighted by molar-refractivity contribution is 6.31. The smallest absolute Gasteiger partial charge is 0.428 e. The fourth-order valence-electron chi connectivity index (χ4n) is 3.06. The van der Waals surface area contributed by atoms with E-state index in [0.717, 1.165) is 25.0 Å². The van der Waals surface area contributed by atoms with Crippen LogP contribution in [-0.2, 0) is 15.6 Å². The standard InChI is InChI=1S/C20H17ClF6O3/c1-2-3-10-8-28-19(29-9-10)12-4-5-13(16(21)17(12)24)20(26,27)30-11-6-14(22)18(25)15(23)7-11/h4-7,10,19H,2-3,8-9H2,1H3. The fraction of sp³-hybridized carbons (Fsp3) is 0.400. The van der Waals surface area contributed by atoms with E-state index in [9.17, 15) is 26.3 Å². The molecule has 0 spiro atoms. The van der Waals surface area contributed by atoms with E-state index in [1.165, 1.54) is 0 Å². The number of halogens is 7. The summed E-state index contributed by atoms with van der Waals surface area (Å²) in [7, 11) is 0. The molecule has 2 aromatic carbocycles.